The van der Waals surface area contributed by atoms with E-state index in [1.807, 2.05) is 38.4 Å². The minimum atomic E-state index is -0.204. The van der Waals surface area contributed by atoms with Gasteiger partial charge in [-0.2, -0.15) is 0 Å². The highest BCUT2D eigenvalue weighted by molar-refractivity contribution is 5.48. The fraction of sp³-hybridized carbons (Fsp3) is 0.294. The molecular weight excluding hydrogens is 283 g/mol. The molecule has 116 valence electrons. The molecule has 0 bridgehead atoms. The molecule has 5 heteroatoms. The second kappa shape index (κ2) is 6.23. The van der Waals surface area contributed by atoms with Gasteiger partial charge in [0.2, 0.25) is 6.79 Å². The van der Waals surface area contributed by atoms with E-state index < -0.39 is 0 Å². The van der Waals surface area contributed by atoms with Crippen LogP contribution in [-0.2, 0) is 13.1 Å². The van der Waals surface area contributed by atoms with Crippen molar-refractivity contribution in [3.05, 3.63) is 53.3 Å². The Labute approximate surface area is 129 Å². The van der Waals surface area contributed by atoms with E-state index in [2.05, 4.69) is 5.32 Å². The van der Waals surface area contributed by atoms with Gasteiger partial charge in [0, 0.05) is 27.2 Å². The fourth-order valence-corrected chi connectivity index (χ4v) is 2.41. The molecule has 1 N–H and O–H groups in total. The Morgan fingerprint density at radius 2 is 1.68 bits per heavy atom. The normalized spacial score (nSPS) is 12.5. The fourth-order valence-electron chi connectivity index (χ4n) is 2.41. The SMILES string of the molecule is CN(C)c1cc(CNCc2ccc3c(c2)OCO3)ccc1F. The molecule has 1 heterocycles. The molecule has 0 spiro atoms. The molecule has 3 rings (SSSR count). The van der Waals surface area contributed by atoms with Gasteiger partial charge in [-0.25, -0.2) is 4.39 Å². The number of fused-ring (bicyclic) bond motifs is 1. The summed E-state index contributed by atoms with van der Waals surface area (Å²) in [6.07, 6.45) is 0. The highest BCUT2D eigenvalue weighted by atomic mass is 19.1. The molecule has 0 saturated heterocycles. The number of hydrogen-bond acceptors (Lipinski definition) is 4. The van der Waals surface area contributed by atoms with Gasteiger partial charge >= 0.3 is 0 Å². The van der Waals surface area contributed by atoms with Crippen molar-refractivity contribution in [1.29, 1.82) is 0 Å². The number of benzene rings is 2. The van der Waals surface area contributed by atoms with Crippen molar-refractivity contribution in [2.24, 2.45) is 0 Å². The third kappa shape index (κ3) is 3.14. The molecular formula is C17H19FN2O2. The van der Waals surface area contributed by atoms with Crippen molar-refractivity contribution in [2.45, 2.75) is 13.1 Å². The maximum atomic E-state index is 13.6. The molecule has 1 aliphatic heterocycles. The predicted molar refractivity (Wildman–Crippen MR) is 83.8 cm³/mol. The van der Waals surface area contributed by atoms with Gasteiger partial charge in [-0.3, -0.25) is 0 Å². The van der Waals surface area contributed by atoms with Crippen molar-refractivity contribution >= 4 is 5.69 Å². The van der Waals surface area contributed by atoms with Crippen molar-refractivity contribution in [2.75, 3.05) is 25.8 Å². The van der Waals surface area contributed by atoms with Gasteiger partial charge in [0.1, 0.15) is 5.82 Å². The van der Waals surface area contributed by atoms with Gasteiger partial charge in [-0.05, 0) is 35.4 Å². The van der Waals surface area contributed by atoms with Crippen LogP contribution in [0.15, 0.2) is 36.4 Å². The van der Waals surface area contributed by atoms with E-state index in [4.69, 9.17) is 9.47 Å². The zero-order valence-corrected chi connectivity index (χ0v) is 12.7. The van der Waals surface area contributed by atoms with Crippen LogP contribution in [0.4, 0.5) is 10.1 Å². The number of ether oxygens (including phenoxy) is 2. The number of nitrogens with zero attached hydrogens (tertiary/aromatic N) is 1. The van der Waals surface area contributed by atoms with Crippen LogP contribution in [0.5, 0.6) is 11.5 Å². The molecule has 4 nitrogen and oxygen atoms in total. The molecule has 0 amide bonds. The van der Waals surface area contributed by atoms with Gasteiger partial charge in [-0.1, -0.05) is 12.1 Å². The highest BCUT2D eigenvalue weighted by Gasteiger charge is 2.13. The Morgan fingerprint density at radius 1 is 1.00 bits per heavy atom. The first kappa shape index (κ1) is 14.7. The molecule has 0 radical (unpaired) electrons. The zero-order chi connectivity index (χ0) is 15.5. The van der Waals surface area contributed by atoms with Crippen LogP contribution in [0, 0.1) is 5.82 Å². The van der Waals surface area contributed by atoms with Crippen LogP contribution in [0.25, 0.3) is 0 Å². The third-order valence-corrected chi connectivity index (χ3v) is 3.59. The topological polar surface area (TPSA) is 33.7 Å². The summed E-state index contributed by atoms with van der Waals surface area (Å²) in [6.45, 7) is 1.68. The Hall–Kier alpha value is -2.27. The molecule has 0 aromatic heterocycles. The molecule has 0 saturated carbocycles. The average molecular weight is 302 g/mol. The molecule has 2 aromatic carbocycles. The van der Waals surface area contributed by atoms with E-state index in [0.29, 0.717) is 18.8 Å². The van der Waals surface area contributed by atoms with E-state index in [-0.39, 0.29) is 12.6 Å². The summed E-state index contributed by atoms with van der Waals surface area (Å²) in [4.78, 5) is 1.77. The summed E-state index contributed by atoms with van der Waals surface area (Å²) in [5.41, 5.74) is 2.77. The van der Waals surface area contributed by atoms with Crippen molar-refractivity contribution in [1.82, 2.24) is 5.32 Å². The molecule has 0 atom stereocenters. The molecule has 1 aliphatic rings. The lowest BCUT2D eigenvalue weighted by molar-refractivity contribution is 0.174. The summed E-state index contributed by atoms with van der Waals surface area (Å²) >= 11 is 0. The van der Waals surface area contributed by atoms with Crippen molar-refractivity contribution < 1.29 is 13.9 Å². The van der Waals surface area contributed by atoms with Crippen LogP contribution in [0.1, 0.15) is 11.1 Å². The Bertz CT molecular complexity index is 674. The van der Waals surface area contributed by atoms with Crippen LogP contribution in [-0.4, -0.2) is 20.9 Å². The van der Waals surface area contributed by atoms with Gasteiger partial charge < -0.3 is 19.7 Å². The maximum Gasteiger partial charge on any atom is 0.231 e. The van der Waals surface area contributed by atoms with E-state index in [9.17, 15) is 4.39 Å². The van der Waals surface area contributed by atoms with E-state index >= 15 is 0 Å². The zero-order valence-electron chi connectivity index (χ0n) is 12.7. The third-order valence-electron chi connectivity index (χ3n) is 3.59. The van der Waals surface area contributed by atoms with Crippen LogP contribution < -0.4 is 19.7 Å². The Kier molecular flexibility index (Phi) is 4.15. The molecule has 22 heavy (non-hydrogen) atoms. The van der Waals surface area contributed by atoms with Gasteiger partial charge in [0.25, 0.3) is 0 Å². The number of halogens is 1. The molecule has 0 unspecified atom stereocenters. The number of rotatable bonds is 5. The first-order valence-electron chi connectivity index (χ1n) is 7.18. The minimum absolute atomic E-state index is 0.204. The first-order chi connectivity index (χ1) is 10.6. The van der Waals surface area contributed by atoms with Gasteiger partial charge in [-0.15, -0.1) is 0 Å². The number of hydrogen-bond donors (Lipinski definition) is 1. The highest BCUT2D eigenvalue weighted by Crippen LogP contribution is 2.32. The Balaban J connectivity index is 1.60. The van der Waals surface area contributed by atoms with E-state index in [1.54, 1.807) is 11.0 Å². The summed E-state index contributed by atoms with van der Waals surface area (Å²) in [5.74, 6) is 1.37. The van der Waals surface area contributed by atoms with Crippen molar-refractivity contribution in [3.8, 4) is 11.5 Å². The predicted octanol–water partition coefficient (Wildman–Crippen LogP) is 2.91. The van der Waals surface area contributed by atoms with Gasteiger partial charge in [0.05, 0.1) is 5.69 Å². The number of nitrogens with one attached hydrogen (secondary N) is 1. The second-order valence-corrected chi connectivity index (χ2v) is 5.47. The number of anilines is 1. The second-order valence-electron chi connectivity index (χ2n) is 5.47. The quantitative estimate of drug-likeness (QED) is 0.921. The monoisotopic (exact) mass is 302 g/mol. The minimum Gasteiger partial charge on any atom is -0.454 e. The molecule has 2 aromatic rings. The van der Waals surface area contributed by atoms with Crippen LogP contribution in [0.2, 0.25) is 0 Å². The summed E-state index contributed by atoms with van der Waals surface area (Å²) in [5, 5.41) is 3.36. The lowest BCUT2D eigenvalue weighted by Crippen LogP contribution is -2.15. The van der Waals surface area contributed by atoms with Crippen molar-refractivity contribution in [3.63, 3.8) is 0 Å². The largest absolute Gasteiger partial charge is 0.454 e. The maximum absolute atomic E-state index is 13.6. The molecule has 0 aliphatic carbocycles. The standard InChI is InChI=1S/C17H19FN2O2/c1-20(2)15-7-12(3-5-14(15)18)9-19-10-13-4-6-16-17(8-13)22-11-21-16/h3-8,19H,9-11H2,1-2H3. The van der Waals surface area contributed by atoms with Crippen LogP contribution >= 0.6 is 0 Å². The molecule has 0 fully saturated rings. The first-order valence-corrected chi connectivity index (χ1v) is 7.18. The summed E-state index contributed by atoms with van der Waals surface area (Å²) in [7, 11) is 3.67. The Morgan fingerprint density at radius 3 is 2.45 bits per heavy atom. The van der Waals surface area contributed by atoms with E-state index in [0.717, 1.165) is 22.6 Å². The lowest BCUT2D eigenvalue weighted by atomic mass is 10.1. The average Bonchev–Trinajstić information content (AvgIpc) is 2.96. The summed E-state index contributed by atoms with van der Waals surface area (Å²) in [6, 6.07) is 11.1. The van der Waals surface area contributed by atoms with Crippen LogP contribution in [0.3, 0.4) is 0 Å². The lowest BCUT2D eigenvalue weighted by Gasteiger charge is -2.15. The smallest absolute Gasteiger partial charge is 0.231 e. The van der Waals surface area contributed by atoms with Gasteiger partial charge in [0.15, 0.2) is 11.5 Å². The summed E-state index contributed by atoms with van der Waals surface area (Å²) < 4.78 is 24.3. The van der Waals surface area contributed by atoms with E-state index in [1.165, 1.54) is 6.07 Å².